The van der Waals surface area contributed by atoms with Crippen LogP contribution in [0, 0.1) is 0 Å². The minimum atomic E-state index is -0.0549. The van der Waals surface area contributed by atoms with Gasteiger partial charge in [-0.1, -0.05) is 18.2 Å². The number of nitrogens with zero attached hydrogens (tertiary/aromatic N) is 2. The van der Waals surface area contributed by atoms with Crippen molar-refractivity contribution in [2.24, 2.45) is 0 Å². The number of urea groups is 1. The number of carbonyl (C=O) groups is 1. The molecule has 31 heavy (non-hydrogen) atoms. The Morgan fingerprint density at radius 2 is 1.77 bits per heavy atom. The molecule has 0 bridgehead atoms. The average molecular weight is 427 g/mol. The average Bonchev–Trinajstić information content (AvgIpc) is 2.94. The fraction of sp³-hybridized carbons (Fsp3) is 0.458. The van der Waals surface area contributed by atoms with Gasteiger partial charge in [0.05, 0.1) is 14.2 Å². The van der Waals surface area contributed by atoms with Gasteiger partial charge in [0.25, 0.3) is 0 Å². The summed E-state index contributed by atoms with van der Waals surface area (Å²) in [5.41, 5.74) is 3.03. The van der Waals surface area contributed by atoms with Crippen LogP contribution in [0.3, 0.4) is 0 Å². The maximum atomic E-state index is 12.7. The van der Waals surface area contributed by atoms with E-state index in [9.17, 15) is 4.79 Å². The van der Waals surface area contributed by atoms with Crippen LogP contribution >= 0.6 is 0 Å². The van der Waals surface area contributed by atoms with E-state index in [0.717, 1.165) is 62.4 Å². The van der Waals surface area contributed by atoms with E-state index in [-0.39, 0.29) is 6.03 Å². The number of amides is 2. The zero-order chi connectivity index (χ0) is 22.1. The van der Waals surface area contributed by atoms with Gasteiger partial charge in [-0.2, -0.15) is 0 Å². The van der Waals surface area contributed by atoms with Crippen molar-refractivity contribution in [2.45, 2.75) is 19.3 Å². The van der Waals surface area contributed by atoms with Crippen LogP contribution in [-0.4, -0.2) is 69.8 Å². The van der Waals surface area contributed by atoms with Crippen molar-refractivity contribution in [3.63, 3.8) is 0 Å². The molecule has 0 fully saturated rings. The zero-order valence-electron chi connectivity index (χ0n) is 18.8. The van der Waals surface area contributed by atoms with Gasteiger partial charge in [0.1, 0.15) is 0 Å². The van der Waals surface area contributed by atoms with Crippen LogP contribution in [0.1, 0.15) is 18.4 Å². The van der Waals surface area contributed by atoms with Gasteiger partial charge in [-0.05, 0) is 63.2 Å². The molecule has 0 saturated heterocycles. The third kappa shape index (κ3) is 6.52. The summed E-state index contributed by atoms with van der Waals surface area (Å²) in [6.07, 6.45) is 2.81. The molecule has 168 valence electrons. The van der Waals surface area contributed by atoms with Crippen LogP contribution in [0.25, 0.3) is 0 Å². The van der Waals surface area contributed by atoms with E-state index < -0.39 is 0 Å². The van der Waals surface area contributed by atoms with Gasteiger partial charge in [-0.15, -0.1) is 0 Å². The van der Waals surface area contributed by atoms with Crippen LogP contribution in [0.4, 0.5) is 16.2 Å². The van der Waals surface area contributed by atoms with Gasteiger partial charge in [0.2, 0.25) is 0 Å². The normalized spacial score (nSPS) is 13.4. The lowest BCUT2D eigenvalue weighted by atomic mass is 10.1. The fourth-order valence-corrected chi connectivity index (χ4v) is 3.79. The Balaban J connectivity index is 1.40. The highest BCUT2D eigenvalue weighted by Gasteiger charge is 2.22. The number of hydrogen-bond donors (Lipinski definition) is 2. The molecule has 0 aromatic heterocycles. The molecule has 0 aliphatic carbocycles. The van der Waals surface area contributed by atoms with Crippen molar-refractivity contribution in [3.05, 3.63) is 48.0 Å². The number of fused-ring (bicyclic) bond motifs is 1. The molecule has 7 heteroatoms. The molecular formula is C24H34N4O3. The lowest BCUT2D eigenvalue weighted by molar-refractivity contribution is 0.208. The van der Waals surface area contributed by atoms with Crippen molar-refractivity contribution in [1.29, 1.82) is 0 Å². The second kappa shape index (κ2) is 11.5. The van der Waals surface area contributed by atoms with Crippen LogP contribution in [0.5, 0.6) is 11.5 Å². The molecule has 7 nitrogen and oxygen atoms in total. The standard InChI is InChI=1S/C24H34N4O3/c1-27(13-7-12-25-20-9-5-4-6-10-20)14-8-15-28-16-11-19-17-22(30-2)23(31-3)18-21(19)26-24(28)29/h4-6,9-10,17-18,25H,7-8,11-16H2,1-3H3,(H,26,29). The van der Waals surface area contributed by atoms with Crippen LogP contribution in [-0.2, 0) is 6.42 Å². The Hall–Kier alpha value is -2.93. The van der Waals surface area contributed by atoms with E-state index in [0.29, 0.717) is 18.0 Å². The Bertz CT molecular complexity index is 844. The van der Waals surface area contributed by atoms with Crippen LogP contribution < -0.4 is 20.1 Å². The summed E-state index contributed by atoms with van der Waals surface area (Å²) in [5, 5.41) is 6.46. The molecule has 3 rings (SSSR count). The zero-order valence-corrected chi connectivity index (χ0v) is 18.8. The second-order valence-corrected chi connectivity index (χ2v) is 7.83. The van der Waals surface area contributed by atoms with Gasteiger partial charge >= 0.3 is 6.03 Å². The molecule has 1 aliphatic rings. The van der Waals surface area contributed by atoms with E-state index >= 15 is 0 Å². The highest BCUT2D eigenvalue weighted by atomic mass is 16.5. The molecule has 1 aliphatic heterocycles. The Morgan fingerprint density at radius 1 is 1.06 bits per heavy atom. The fourth-order valence-electron chi connectivity index (χ4n) is 3.79. The Kier molecular flexibility index (Phi) is 8.41. The van der Waals surface area contributed by atoms with E-state index in [1.54, 1.807) is 14.2 Å². The van der Waals surface area contributed by atoms with E-state index in [2.05, 4.69) is 34.7 Å². The van der Waals surface area contributed by atoms with E-state index in [1.807, 2.05) is 35.2 Å². The van der Waals surface area contributed by atoms with Crippen molar-refractivity contribution in [1.82, 2.24) is 9.80 Å². The quantitative estimate of drug-likeness (QED) is 0.533. The number of methoxy groups -OCH3 is 2. The van der Waals surface area contributed by atoms with Crippen molar-refractivity contribution in [3.8, 4) is 11.5 Å². The van der Waals surface area contributed by atoms with Gasteiger partial charge in [0.15, 0.2) is 11.5 Å². The summed E-state index contributed by atoms with van der Waals surface area (Å²) >= 11 is 0. The number of nitrogens with one attached hydrogen (secondary N) is 2. The van der Waals surface area contributed by atoms with Crippen LogP contribution in [0.2, 0.25) is 0 Å². The number of benzene rings is 2. The van der Waals surface area contributed by atoms with E-state index in [1.165, 1.54) is 0 Å². The first kappa shape index (κ1) is 22.7. The summed E-state index contributed by atoms with van der Waals surface area (Å²) in [4.78, 5) is 16.9. The number of carbonyl (C=O) groups excluding carboxylic acids is 1. The maximum absolute atomic E-state index is 12.7. The van der Waals surface area contributed by atoms with Crippen molar-refractivity contribution in [2.75, 3.05) is 64.6 Å². The number of anilines is 2. The summed E-state index contributed by atoms with van der Waals surface area (Å²) in [5.74, 6) is 1.31. The topological polar surface area (TPSA) is 66.1 Å². The highest BCUT2D eigenvalue weighted by Crippen LogP contribution is 2.34. The second-order valence-electron chi connectivity index (χ2n) is 7.83. The third-order valence-corrected chi connectivity index (χ3v) is 5.58. The van der Waals surface area contributed by atoms with Gasteiger partial charge in [-0.3, -0.25) is 0 Å². The number of hydrogen-bond acceptors (Lipinski definition) is 5. The molecule has 0 radical (unpaired) electrons. The lowest BCUT2D eigenvalue weighted by Gasteiger charge is -2.22. The highest BCUT2D eigenvalue weighted by molar-refractivity contribution is 5.91. The SMILES string of the molecule is COc1cc2c(cc1OC)NC(=O)N(CCCN(C)CCCNc1ccccc1)CC2. The van der Waals surface area contributed by atoms with Gasteiger partial charge in [0, 0.05) is 37.1 Å². The summed E-state index contributed by atoms with van der Waals surface area (Å²) < 4.78 is 10.8. The van der Waals surface area contributed by atoms with Gasteiger partial charge < -0.3 is 29.9 Å². The van der Waals surface area contributed by atoms with E-state index in [4.69, 9.17) is 9.47 Å². The predicted molar refractivity (Wildman–Crippen MR) is 126 cm³/mol. The summed E-state index contributed by atoms with van der Waals surface area (Å²) in [6.45, 7) is 4.37. The summed E-state index contributed by atoms with van der Waals surface area (Å²) in [7, 11) is 5.36. The molecule has 2 aromatic rings. The number of ether oxygens (including phenoxy) is 2. The Labute approximate surface area is 185 Å². The minimum Gasteiger partial charge on any atom is -0.493 e. The number of para-hydroxylation sites is 1. The molecule has 0 atom stereocenters. The molecule has 2 amide bonds. The van der Waals surface area contributed by atoms with Gasteiger partial charge in [-0.25, -0.2) is 4.79 Å². The maximum Gasteiger partial charge on any atom is 0.321 e. The predicted octanol–water partition coefficient (Wildman–Crippen LogP) is 3.92. The lowest BCUT2D eigenvalue weighted by Crippen LogP contribution is -2.36. The van der Waals surface area contributed by atoms with Crippen LogP contribution in [0.15, 0.2) is 42.5 Å². The largest absolute Gasteiger partial charge is 0.493 e. The smallest absolute Gasteiger partial charge is 0.321 e. The first-order chi connectivity index (χ1) is 15.1. The monoisotopic (exact) mass is 426 g/mol. The molecule has 2 N–H and O–H groups in total. The number of rotatable bonds is 11. The minimum absolute atomic E-state index is 0.0549. The first-order valence-corrected chi connectivity index (χ1v) is 10.9. The van der Waals surface area contributed by atoms with Crippen molar-refractivity contribution < 1.29 is 14.3 Å². The Morgan fingerprint density at radius 3 is 2.52 bits per heavy atom. The molecule has 0 saturated carbocycles. The first-order valence-electron chi connectivity index (χ1n) is 10.9. The molecule has 2 aromatic carbocycles. The third-order valence-electron chi connectivity index (χ3n) is 5.58. The molecule has 1 heterocycles. The molecular weight excluding hydrogens is 392 g/mol. The molecule has 0 spiro atoms. The molecule has 0 unspecified atom stereocenters. The summed E-state index contributed by atoms with van der Waals surface area (Å²) in [6, 6.07) is 14.0. The van der Waals surface area contributed by atoms with Crippen molar-refractivity contribution >= 4 is 17.4 Å².